The second-order valence-electron chi connectivity index (χ2n) is 3.22. The highest BCUT2D eigenvalue weighted by Crippen LogP contribution is 2.25. The van der Waals surface area contributed by atoms with E-state index in [0.29, 0.717) is 11.0 Å². The van der Waals surface area contributed by atoms with Crippen LogP contribution in [0.3, 0.4) is 0 Å². The first-order valence-corrected chi connectivity index (χ1v) is 5.54. The van der Waals surface area contributed by atoms with Gasteiger partial charge >= 0.3 is 5.97 Å². The van der Waals surface area contributed by atoms with Gasteiger partial charge in [0.2, 0.25) is 0 Å². The minimum atomic E-state index is -0.464. The zero-order chi connectivity index (χ0) is 12.8. The lowest BCUT2D eigenvalue weighted by atomic mass is 10.2. The van der Waals surface area contributed by atoms with Gasteiger partial charge in [0, 0.05) is 12.6 Å². The van der Waals surface area contributed by atoms with Crippen LogP contribution in [0.2, 0.25) is 0 Å². The van der Waals surface area contributed by atoms with Crippen molar-refractivity contribution in [3.8, 4) is 0 Å². The normalized spacial score (nSPS) is 10.0. The number of ether oxygens (including phenoxy) is 1. The molecular formula is C10H11BrN2O4. The number of esters is 1. The van der Waals surface area contributed by atoms with Gasteiger partial charge in [0.25, 0.3) is 5.69 Å². The number of hydrogen-bond donors (Lipinski definition) is 1. The molecule has 7 heteroatoms. The number of nitrogens with one attached hydrogen (secondary N) is 1. The molecule has 0 radical (unpaired) electrons. The molecule has 0 atom stereocenters. The highest BCUT2D eigenvalue weighted by molar-refractivity contribution is 9.10. The Balaban J connectivity index is 2.63. The van der Waals surface area contributed by atoms with Gasteiger partial charge in [-0.3, -0.25) is 14.9 Å². The van der Waals surface area contributed by atoms with Gasteiger partial charge in [-0.1, -0.05) is 6.07 Å². The Labute approximate surface area is 106 Å². The molecule has 0 bridgehead atoms. The van der Waals surface area contributed by atoms with Crippen LogP contribution < -0.4 is 5.32 Å². The van der Waals surface area contributed by atoms with Crippen LogP contribution in [0.25, 0.3) is 0 Å². The Bertz CT molecular complexity index is 436. The molecule has 0 amide bonds. The summed E-state index contributed by atoms with van der Waals surface area (Å²) in [4.78, 5) is 21.0. The van der Waals surface area contributed by atoms with Crippen LogP contribution in [-0.2, 0) is 16.1 Å². The molecule has 1 rings (SSSR count). The molecule has 0 aliphatic carbocycles. The molecule has 6 nitrogen and oxygen atoms in total. The van der Waals surface area contributed by atoms with Crippen molar-refractivity contribution < 1.29 is 14.5 Å². The number of nitro groups is 1. The topological polar surface area (TPSA) is 81.5 Å². The Morgan fingerprint density at radius 3 is 2.88 bits per heavy atom. The number of carbonyl (C=O) groups is 1. The molecular weight excluding hydrogens is 292 g/mol. The lowest BCUT2D eigenvalue weighted by Crippen LogP contribution is -2.23. The predicted octanol–water partition coefficient (Wildman–Crippen LogP) is 1.62. The maximum Gasteiger partial charge on any atom is 0.319 e. The highest BCUT2D eigenvalue weighted by atomic mass is 79.9. The van der Waals surface area contributed by atoms with E-state index in [0.717, 1.165) is 5.56 Å². The Hall–Kier alpha value is -1.47. The van der Waals surface area contributed by atoms with E-state index in [9.17, 15) is 14.9 Å². The third kappa shape index (κ3) is 4.12. The molecule has 0 heterocycles. The van der Waals surface area contributed by atoms with Crippen LogP contribution in [0.5, 0.6) is 0 Å². The first-order chi connectivity index (χ1) is 8.04. The molecule has 0 unspecified atom stereocenters. The first kappa shape index (κ1) is 13.6. The van der Waals surface area contributed by atoms with E-state index in [4.69, 9.17) is 0 Å². The molecule has 17 heavy (non-hydrogen) atoms. The van der Waals surface area contributed by atoms with Crippen LogP contribution in [0, 0.1) is 10.1 Å². The van der Waals surface area contributed by atoms with Crippen molar-refractivity contribution in [2.24, 2.45) is 0 Å². The van der Waals surface area contributed by atoms with E-state index < -0.39 is 4.92 Å². The van der Waals surface area contributed by atoms with Crippen molar-refractivity contribution in [2.45, 2.75) is 6.54 Å². The fraction of sp³-hybridized carbons (Fsp3) is 0.300. The zero-order valence-corrected chi connectivity index (χ0v) is 10.7. The smallest absolute Gasteiger partial charge is 0.319 e. The van der Waals surface area contributed by atoms with Crippen LogP contribution in [-0.4, -0.2) is 24.5 Å². The first-order valence-electron chi connectivity index (χ1n) is 4.75. The van der Waals surface area contributed by atoms with Gasteiger partial charge in [0.15, 0.2) is 0 Å². The molecule has 0 aliphatic heterocycles. The number of rotatable bonds is 5. The summed E-state index contributed by atoms with van der Waals surface area (Å²) < 4.78 is 4.88. The number of benzene rings is 1. The minimum absolute atomic E-state index is 0.00219. The molecule has 0 saturated carbocycles. The number of methoxy groups -OCH3 is 1. The monoisotopic (exact) mass is 302 g/mol. The molecule has 0 saturated heterocycles. The van der Waals surface area contributed by atoms with Gasteiger partial charge in [0.1, 0.15) is 0 Å². The van der Waals surface area contributed by atoms with Gasteiger partial charge in [-0.2, -0.15) is 0 Å². The summed E-state index contributed by atoms with van der Waals surface area (Å²) in [6.07, 6.45) is 0. The molecule has 0 spiro atoms. The van der Waals surface area contributed by atoms with E-state index in [2.05, 4.69) is 26.0 Å². The number of hydrogen-bond acceptors (Lipinski definition) is 5. The number of nitrogens with zero attached hydrogens (tertiary/aromatic N) is 1. The van der Waals surface area contributed by atoms with Crippen molar-refractivity contribution in [1.82, 2.24) is 5.32 Å². The molecule has 1 aromatic rings. The standard InChI is InChI=1S/C10H11BrN2O4/c1-17-10(14)6-12-5-7-2-3-8(11)9(4-7)13(15)16/h2-4,12H,5-6H2,1H3. The van der Waals surface area contributed by atoms with Gasteiger partial charge in [-0.15, -0.1) is 0 Å². The fourth-order valence-corrected chi connectivity index (χ4v) is 1.58. The van der Waals surface area contributed by atoms with E-state index in [1.54, 1.807) is 12.1 Å². The predicted molar refractivity (Wildman–Crippen MR) is 64.5 cm³/mol. The molecule has 1 aromatic carbocycles. The van der Waals surface area contributed by atoms with Gasteiger partial charge in [-0.05, 0) is 27.6 Å². The second-order valence-corrected chi connectivity index (χ2v) is 4.08. The van der Waals surface area contributed by atoms with Crippen molar-refractivity contribution in [2.75, 3.05) is 13.7 Å². The summed E-state index contributed by atoms with van der Waals surface area (Å²) in [5.74, 6) is -0.378. The van der Waals surface area contributed by atoms with Crippen molar-refractivity contribution in [3.05, 3.63) is 38.3 Å². The molecule has 0 fully saturated rings. The largest absolute Gasteiger partial charge is 0.468 e. The number of nitro benzene ring substituents is 1. The van der Waals surface area contributed by atoms with E-state index in [-0.39, 0.29) is 18.2 Å². The van der Waals surface area contributed by atoms with E-state index >= 15 is 0 Å². The molecule has 92 valence electrons. The average molecular weight is 303 g/mol. The summed E-state index contributed by atoms with van der Waals surface area (Å²) in [5, 5.41) is 13.5. The molecule has 1 N–H and O–H groups in total. The lowest BCUT2D eigenvalue weighted by molar-refractivity contribution is -0.385. The summed E-state index contributed by atoms with van der Waals surface area (Å²) in [5.41, 5.74) is 0.728. The summed E-state index contributed by atoms with van der Waals surface area (Å²) >= 11 is 3.10. The van der Waals surface area contributed by atoms with Gasteiger partial charge < -0.3 is 10.1 Å². The quantitative estimate of drug-likeness (QED) is 0.508. The maximum atomic E-state index is 10.8. The van der Waals surface area contributed by atoms with Gasteiger partial charge in [0.05, 0.1) is 23.1 Å². The number of carbonyl (C=O) groups excluding carboxylic acids is 1. The summed E-state index contributed by atoms with van der Waals surface area (Å²) in [6, 6.07) is 4.79. The van der Waals surface area contributed by atoms with Crippen LogP contribution in [0.4, 0.5) is 5.69 Å². The minimum Gasteiger partial charge on any atom is -0.468 e. The number of halogens is 1. The van der Waals surface area contributed by atoms with Crippen LogP contribution in [0.15, 0.2) is 22.7 Å². The Morgan fingerprint density at radius 2 is 2.29 bits per heavy atom. The maximum absolute atomic E-state index is 10.8. The molecule has 0 aliphatic rings. The van der Waals surface area contributed by atoms with Crippen LogP contribution in [0.1, 0.15) is 5.56 Å². The summed E-state index contributed by atoms with van der Waals surface area (Å²) in [7, 11) is 1.30. The fourth-order valence-electron chi connectivity index (χ4n) is 1.19. The average Bonchev–Trinajstić information content (AvgIpc) is 2.30. The van der Waals surface area contributed by atoms with Crippen molar-refractivity contribution in [1.29, 1.82) is 0 Å². The molecule has 0 aromatic heterocycles. The Morgan fingerprint density at radius 1 is 1.59 bits per heavy atom. The lowest BCUT2D eigenvalue weighted by Gasteiger charge is -2.04. The zero-order valence-electron chi connectivity index (χ0n) is 9.10. The van der Waals surface area contributed by atoms with E-state index in [1.807, 2.05) is 0 Å². The van der Waals surface area contributed by atoms with Crippen molar-refractivity contribution >= 4 is 27.6 Å². The SMILES string of the molecule is COC(=O)CNCc1ccc(Br)c([N+](=O)[O-])c1. The highest BCUT2D eigenvalue weighted by Gasteiger charge is 2.12. The second kappa shape index (κ2) is 6.31. The Kier molecular flexibility index (Phi) is 5.05. The van der Waals surface area contributed by atoms with Gasteiger partial charge in [-0.25, -0.2) is 0 Å². The van der Waals surface area contributed by atoms with Crippen molar-refractivity contribution in [3.63, 3.8) is 0 Å². The third-order valence-corrected chi connectivity index (χ3v) is 2.70. The van der Waals surface area contributed by atoms with Crippen LogP contribution >= 0.6 is 15.9 Å². The third-order valence-electron chi connectivity index (χ3n) is 2.03. The van der Waals surface area contributed by atoms with E-state index in [1.165, 1.54) is 13.2 Å². The summed E-state index contributed by atoms with van der Waals surface area (Å²) in [6.45, 7) is 0.434.